The van der Waals surface area contributed by atoms with Gasteiger partial charge in [0, 0.05) is 25.6 Å². The van der Waals surface area contributed by atoms with Gasteiger partial charge in [-0.05, 0) is 50.1 Å². The van der Waals surface area contributed by atoms with E-state index in [2.05, 4.69) is 5.32 Å². The number of nitrogens with zero attached hydrogens (tertiary/aromatic N) is 1. The predicted octanol–water partition coefficient (Wildman–Crippen LogP) is 5.28. The number of rotatable bonds is 9. The molecule has 1 atom stereocenters. The number of carbonyl (C=O) groups is 3. The first-order valence-electron chi connectivity index (χ1n) is 12.3. The van der Waals surface area contributed by atoms with Crippen molar-refractivity contribution in [3.63, 3.8) is 0 Å². The van der Waals surface area contributed by atoms with Crippen molar-refractivity contribution in [3.8, 4) is 0 Å². The van der Waals surface area contributed by atoms with Gasteiger partial charge in [-0.25, -0.2) is 14.0 Å². The second-order valence-electron chi connectivity index (χ2n) is 9.95. The fourth-order valence-corrected chi connectivity index (χ4v) is 3.72. The van der Waals surface area contributed by atoms with E-state index in [1.807, 2.05) is 60.7 Å². The number of hydrogen-bond donors (Lipinski definition) is 1. The summed E-state index contributed by atoms with van der Waals surface area (Å²) in [6, 6.07) is 21.4. The van der Waals surface area contributed by atoms with E-state index >= 15 is 0 Å². The third-order valence-corrected chi connectivity index (χ3v) is 5.55. The molecule has 0 spiro atoms. The maximum absolute atomic E-state index is 14.6. The first kappa shape index (κ1) is 28.4. The zero-order valence-electron chi connectivity index (χ0n) is 22.1. The van der Waals surface area contributed by atoms with Crippen LogP contribution in [-0.4, -0.2) is 41.6 Å². The van der Waals surface area contributed by atoms with Gasteiger partial charge in [-0.15, -0.1) is 0 Å². The highest BCUT2D eigenvalue weighted by molar-refractivity contribution is 5.90. The minimum atomic E-state index is -0.956. The highest BCUT2D eigenvalue weighted by atomic mass is 19.1. The predicted molar refractivity (Wildman–Crippen MR) is 142 cm³/mol. The van der Waals surface area contributed by atoms with Crippen molar-refractivity contribution >= 4 is 18.0 Å². The van der Waals surface area contributed by atoms with E-state index in [0.29, 0.717) is 0 Å². The summed E-state index contributed by atoms with van der Waals surface area (Å²) >= 11 is 0. The average molecular weight is 521 g/mol. The maximum Gasteiger partial charge on any atom is 0.408 e. The molecule has 1 N–H and O–H groups in total. The Morgan fingerprint density at radius 3 is 2.13 bits per heavy atom. The van der Waals surface area contributed by atoms with Crippen LogP contribution in [0.2, 0.25) is 0 Å². The zero-order valence-corrected chi connectivity index (χ0v) is 22.1. The van der Waals surface area contributed by atoms with E-state index in [9.17, 15) is 18.8 Å². The number of likely N-dealkylation sites (N-methyl/N-ethyl adjacent to an activating group) is 1. The molecule has 38 heavy (non-hydrogen) atoms. The summed E-state index contributed by atoms with van der Waals surface area (Å²) < 4.78 is 25.3. The number of alkyl carbamates (subject to hydrolysis) is 1. The molecule has 0 radical (unpaired) electrons. The fraction of sp³-hybridized carbons (Fsp3) is 0.300. The molecule has 2 amide bonds. The summed E-state index contributed by atoms with van der Waals surface area (Å²) in [6.45, 7) is 5.16. The largest absolute Gasteiger partial charge is 0.456 e. The number of nitrogens with one attached hydrogen (secondary N) is 1. The van der Waals surface area contributed by atoms with Crippen molar-refractivity contribution in [2.45, 2.75) is 52.0 Å². The van der Waals surface area contributed by atoms with E-state index in [-0.39, 0.29) is 30.7 Å². The normalized spacial score (nSPS) is 11.8. The second kappa shape index (κ2) is 12.9. The molecule has 0 unspecified atom stereocenters. The average Bonchev–Trinajstić information content (AvgIpc) is 2.88. The molecule has 0 aromatic heterocycles. The third kappa shape index (κ3) is 8.73. The van der Waals surface area contributed by atoms with Crippen LogP contribution >= 0.6 is 0 Å². The third-order valence-electron chi connectivity index (χ3n) is 5.55. The number of carbonyl (C=O) groups excluding carboxylic acids is 3. The Balaban J connectivity index is 1.73. The SMILES string of the molecule is CN(Cc1cc(C(=O)OC(C)(C)C)ccc1F)C(=O)[C@H](Cc1ccccc1)NC(=O)OCc1ccccc1. The summed E-state index contributed by atoms with van der Waals surface area (Å²) in [5.74, 6) is -1.59. The van der Waals surface area contributed by atoms with Crippen LogP contribution < -0.4 is 5.32 Å². The highest BCUT2D eigenvalue weighted by Gasteiger charge is 2.26. The number of hydrogen-bond acceptors (Lipinski definition) is 5. The van der Waals surface area contributed by atoms with Crippen LogP contribution in [0.15, 0.2) is 78.9 Å². The van der Waals surface area contributed by atoms with Gasteiger partial charge in [-0.1, -0.05) is 60.7 Å². The van der Waals surface area contributed by atoms with Gasteiger partial charge in [0.1, 0.15) is 24.1 Å². The molecule has 3 aromatic rings. The van der Waals surface area contributed by atoms with E-state index < -0.39 is 35.4 Å². The van der Waals surface area contributed by atoms with Crippen molar-refractivity contribution in [1.29, 1.82) is 0 Å². The Labute approximate surface area is 222 Å². The van der Waals surface area contributed by atoms with Crippen LogP contribution in [0.1, 0.15) is 47.8 Å². The standard InChI is InChI=1S/C30H33FN2O5/c1-30(2,3)38-28(35)23-15-16-25(31)24(18-23)19-33(4)27(34)26(17-21-11-7-5-8-12-21)32-29(36)37-20-22-13-9-6-10-14-22/h5-16,18,26H,17,19-20H2,1-4H3,(H,32,36)/t26-/m0/s1. The highest BCUT2D eigenvalue weighted by Crippen LogP contribution is 2.18. The summed E-state index contributed by atoms with van der Waals surface area (Å²) in [7, 11) is 1.51. The number of benzene rings is 3. The van der Waals surface area contributed by atoms with Gasteiger partial charge in [-0.2, -0.15) is 0 Å². The van der Waals surface area contributed by atoms with E-state index in [1.165, 1.54) is 30.1 Å². The Bertz CT molecular complexity index is 1240. The lowest BCUT2D eigenvalue weighted by molar-refractivity contribution is -0.132. The molecule has 200 valence electrons. The molecule has 0 heterocycles. The molecule has 0 fully saturated rings. The van der Waals surface area contributed by atoms with Crippen LogP contribution in [0.4, 0.5) is 9.18 Å². The quantitative estimate of drug-likeness (QED) is 0.388. The molecule has 3 aromatic carbocycles. The van der Waals surface area contributed by atoms with Crippen molar-refractivity contribution < 1.29 is 28.2 Å². The van der Waals surface area contributed by atoms with E-state index in [4.69, 9.17) is 9.47 Å². The van der Waals surface area contributed by atoms with Crippen molar-refractivity contribution in [2.24, 2.45) is 0 Å². The molecule has 0 aliphatic rings. The number of ether oxygens (including phenoxy) is 2. The van der Waals surface area contributed by atoms with Crippen molar-refractivity contribution in [3.05, 3.63) is 107 Å². The van der Waals surface area contributed by atoms with Crippen LogP contribution in [-0.2, 0) is 33.8 Å². The molecule has 0 aliphatic carbocycles. The van der Waals surface area contributed by atoms with Gasteiger partial charge in [0.05, 0.1) is 5.56 Å². The number of amides is 2. The molecular formula is C30H33FN2O5. The molecule has 8 heteroatoms. The van der Waals surface area contributed by atoms with Crippen LogP contribution in [0, 0.1) is 5.82 Å². The van der Waals surface area contributed by atoms with Crippen molar-refractivity contribution in [2.75, 3.05) is 7.05 Å². The minimum Gasteiger partial charge on any atom is -0.456 e. The fourth-order valence-electron chi connectivity index (χ4n) is 3.72. The zero-order chi connectivity index (χ0) is 27.7. The van der Waals surface area contributed by atoms with Gasteiger partial charge >= 0.3 is 12.1 Å². The van der Waals surface area contributed by atoms with Crippen molar-refractivity contribution in [1.82, 2.24) is 10.2 Å². The molecule has 0 aliphatic heterocycles. The van der Waals surface area contributed by atoms with Crippen LogP contribution in [0.5, 0.6) is 0 Å². The van der Waals surface area contributed by atoms with Gasteiger partial charge in [0.2, 0.25) is 5.91 Å². The Kier molecular flexibility index (Phi) is 9.60. The van der Waals surface area contributed by atoms with E-state index in [1.54, 1.807) is 20.8 Å². The van der Waals surface area contributed by atoms with Crippen LogP contribution in [0.25, 0.3) is 0 Å². The minimum absolute atomic E-state index is 0.0530. The monoisotopic (exact) mass is 520 g/mol. The first-order chi connectivity index (χ1) is 18.0. The Morgan fingerprint density at radius 2 is 1.53 bits per heavy atom. The Hall–Kier alpha value is -4.20. The lowest BCUT2D eigenvalue weighted by Gasteiger charge is -2.25. The number of halogens is 1. The molecule has 7 nitrogen and oxygen atoms in total. The smallest absolute Gasteiger partial charge is 0.408 e. The molecule has 0 saturated carbocycles. The molecule has 0 bridgehead atoms. The van der Waals surface area contributed by atoms with Gasteiger partial charge in [-0.3, -0.25) is 4.79 Å². The maximum atomic E-state index is 14.6. The topological polar surface area (TPSA) is 84.9 Å². The summed E-state index contributed by atoms with van der Waals surface area (Å²) in [5, 5.41) is 2.65. The van der Waals surface area contributed by atoms with E-state index in [0.717, 1.165) is 11.1 Å². The summed E-state index contributed by atoms with van der Waals surface area (Å²) in [6.07, 6.45) is -0.528. The van der Waals surface area contributed by atoms with Crippen LogP contribution in [0.3, 0.4) is 0 Å². The lowest BCUT2D eigenvalue weighted by atomic mass is 10.0. The van der Waals surface area contributed by atoms with Gasteiger partial charge in [0.25, 0.3) is 0 Å². The summed E-state index contributed by atoms with van der Waals surface area (Å²) in [5.41, 5.74) is 1.27. The second-order valence-corrected chi connectivity index (χ2v) is 9.95. The van der Waals surface area contributed by atoms with Gasteiger partial charge in [0.15, 0.2) is 0 Å². The first-order valence-corrected chi connectivity index (χ1v) is 12.3. The Morgan fingerprint density at radius 1 is 0.921 bits per heavy atom. The molecule has 0 saturated heterocycles. The summed E-state index contributed by atoms with van der Waals surface area (Å²) in [4.78, 5) is 39.8. The molecular weight excluding hydrogens is 487 g/mol. The number of esters is 1. The lowest BCUT2D eigenvalue weighted by Crippen LogP contribution is -2.48. The van der Waals surface area contributed by atoms with Gasteiger partial charge < -0.3 is 19.7 Å². The molecule has 3 rings (SSSR count).